The van der Waals surface area contributed by atoms with Crippen molar-refractivity contribution in [3.8, 4) is 5.75 Å². The van der Waals surface area contributed by atoms with Crippen molar-refractivity contribution in [3.63, 3.8) is 0 Å². The fraction of sp³-hybridized carbons (Fsp3) is 0.273. The first-order valence-electron chi connectivity index (χ1n) is 5.21. The largest absolute Gasteiger partial charge is 0.474 e. The Morgan fingerprint density at radius 3 is 2.74 bits per heavy atom. The van der Waals surface area contributed by atoms with Crippen LogP contribution in [0, 0.1) is 10.1 Å². The monoisotopic (exact) mass is 287 g/mol. The number of carbonyl (C=O) groups is 2. The van der Waals surface area contributed by atoms with E-state index in [-0.39, 0.29) is 22.9 Å². The van der Waals surface area contributed by atoms with Crippen molar-refractivity contribution < 1.29 is 24.0 Å². The van der Waals surface area contributed by atoms with Crippen LogP contribution in [-0.2, 0) is 9.53 Å². The van der Waals surface area contributed by atoms with Crippen LogP contribution in [-0.4, -0.2) is 30.4 Å². The van der Waals surface area contributed by atoms with E-state index >= 15 is 0 Å². The Labute approximate surface area is 113 Å². The van der Waals surface area contributed by atoms with Crippen LogP contribution in [0.2, 0.25) is 5.02 Å². The first kappa shape index (κ1) is 14.9. The van der Waals surface area contributed by atoms with Crippen molar-refractivity contribution in [1.29, 1.82) is 0 Å². The predicted octanol–water partition coefficient (Wildman–Crippen LogP) is 2.00. The van der Waals surface area contributed by atoms with Gasteiger partial charge in [0.15, 0.2) is 6.61 Å². The lowest BCUT2D eigenvalue weighted by Crippen LogP contribution is -2.15. The molecule has 0 spiro atoms. The molecule has 0 saturated heterocycles. The molecular formula is C11H10ClNO6. The van der Waals surface area contributed by atoms with E-state index in [0.29, 0.717) is 6.29 Å². The van der Waals surface area contributed by atoms with Gasteiger partial charge in [0, 0.05) is 11.6 Å². The highest BCUT2D eigenvalue weighted by atomic mass is 35.5. The predicted molar refractivity (Wildman–Crippen MR) is 65.6 cm³/mol. The minimum Gasteiger partial charge on any atom is -0.474 e. The summed E-state index contributed by atoms with van der Waals surface area (Å²) in [5.74, 6) is -0.947. The van der Waals surface area contributed by atoms with Crippen molar-refractivity contribution in [2.75, 3.05) is 13.2 Å². The van der Waals surface area contributed by atoms with Gasteiger partial charge in [-0.3, -0.25) is 14.9 Å². The van der Waals surface area contributed by atoms with Crippen LogP contribution in [0.25, 0.3) is 0 Å². The Hall–Kier alpha value is -2.15. The zero-order valence-corrected chi connectivity index (χ0v) is 10.7. The average Bonchev–Trinajstić information content (AvgIpc) is 2.36. The molecular weight excluding hydrogens is 278 g/mol. The number of benzene rings is 1. The molecule has 0 aliphatic rings. The summed E-state index contributed by atoms with van der Waals surface area (Å²) in [5, 5.41) is 10.7. The fourth-order valence-corrected chi connectivity index (χ4v) is 1.56. The second-order valence-electron chi connectivity index (χ2n) is 3.32. The third kappa shape index (κ3) is 3.92. The molecule has 1 aromatic carbocycles. The summed E-state index contributed by atoms with van der Waals surface area (Å²) >= 11 is 5.78. The van der Waals surface area contributed by atoms with Crippen molar-refractivity contribution in [2.45, 2.75) is 6.92 Å². The molecule has 102 valence electrons. The quantitative estimate of drug-likeness (QED) is 0.344. The topological polar surface area (TPSA) is 95.7 Å². The molecule has 0 saturated carbocycles. The van der Waals surface area contributed by atoms with Crippen LogP contribution in [0.1, 0.15) is 17.3 Å². The molecule has 0 aliphatic carbocycles. The van der Waals surface area contributed by atoms with E-state index < -0.39 is 23.2 Å². The van der Waals surface area contributed by atoms with Crippen molar-refractivity contribution in [1.82, 2.24) is 0 Å². The maximum Gasteiger partial charge on any atom is 0.344 e. The summed E-state index contributed by atoms with van der Waals surface area (Å²) in [6.07, 6.45) is 0.425. The van der Waals surface area contributed by atoms with Gasteiger partial charge in [0.25, 0.3) is 0 Å². The van der Waals surface area contributed by atoms with Gasteiger partial charge in [0.1, 0.15) is 6.29 Å². The van der Waals surface area contributed by atoms with Crippen LogP contribution < -0.4 is 4.74 Å². The molecule has 0 aromatic heterocycles. The number of esters is 1. The Morgan fingerprint density at radius 1 is 1.53 bits per heavy atom. The van der Waals surface area contributed by atoms with Gasteiger partial charge in [-0.05, 0) is 13.0 Å². The summed E-state index contributed by atoms with van der Waals surface area (Å²) in [4.78, 5) is 31.8. The summed E-state index contributed by atoms with van der Waals surface area (Å²) in [7, 11) is 0. The van der Waals surface area contributed by atoms with Crippen LogP contribution in [0.15, 0.2) is 12.1 Å². The molecule has 1 rings (SSSR count). The lowest BCUT2D eigenvalue weighted by molar-refractivity contribution is -0.385. The number of carbonyl (C=O) groups excluding carboxylic acids is 2. The third-order valence-electron chi connectivity index (χ3n) is 2.02. The molecule has 7 nitrogen and oxygen atoms in total. The van der Waals surface area contributed by atoms with Crippen LogP contribution in [0.5, 0.6) is 5.75 Å². The number of nitro benzene ring substituents is 1. The molecule has 0 unspecified atom stereocenters. The van der Waals surface area contributed by atoms with E-state index in [4.69, 9.17) is 16.3 Å². The van der Waals surface area contributed by atoms with Gasteiger partial charge in [-0.2, -0.15) is 0 Å². The molecule has 0 N–H and O–H groups in total. The van der Waals surface area contributed by atoms with E-state index in [2.05, 4.69) is 4.74 Å². The van der Waals surface area contributed by atoms with Gasteiger partial charge in [0.05, 0.1) is 16.6 Å². The van der Waals surface area contributed by atoms with E-state index in [9.17, 15) is 19.7 Å². The molecule has 0 aliphatic heterocycles. The minimum atomic E-state index is -0.751. The van der Waals surface area contributed by atoms with E-state index in [1.165, 1.54) is 6.07 Å². The number of hydrogen-bond acceptors (Lipinski definition) is 6. The Balaban J connectivity index is 3.02. The van der Waals surface area contributed by atoms with Crippen molar-refractivity contribution >= 4 is 29.5 Å². The lowest BCUT2D eigenvalue weighted by atomic mass is 10.2. The maximum absolute atomic E-state index is 11.1. The van der Waals surface area contributed by atoms with Gasteiger partial charge in [-0.25, -0.2) is 4.79 Å². The van der Waals surface area contributed by atoms with Gasteiger partial charge >= 0.3 is 11.7 Å². The molecule has 0 atom stereocenters. The lowest BCUT2D eigenvalue weighted by Gasteiger charge is -2.08. The maximum atomic E-state index is 11.1. The summed E-state index contributed by atoms with van der Waals surface area (Å²) in [6.45, 7) is 1.28. The second-order valence-corrected chi connectivity index (χ2v) is 3.73. The standard InChI is InChI=1S/C11H10ClNO6/c1-2-18-10(15)6-19-11-8(12)3-7(5-14)4-9(11)13(16)17/h3-5H,2,6H2,1H3. The van der Waals surface area contributed by atoms with E-state index in [0.717, 1.165) is 6.07 Å². The molecule has 0 amide bonds. The molecule has 0 fully saturated rings. The van der Waals surface area contributed by atoms with Crippen LogP contribution in [0.3, 0.4) is 0 Å². The average molecular weight is 288 g/mol. The highest BCUT2D eigenvalue weighted by Crippen LogP contribution is 2.35. The molecule has 0 radical (unpaired) electrons. The summed E-state index contributed by atoms with van der Waals surface area (Å²) in [6, 6.07) is 2.22. The number of halogens is 1. The number of nitro groups is 1. The van der Waals surface area contributed by atoms with Gasteiger partial charge in [-0.1, -0.05) is 11.6 Å². The Morgan fingerprint density at radius 2 is 2.21 bits per heavy atom. The number of ether oxygens (including phenoxy) is 2. The summed E-state index contributed by atoms with van der Waals surface area (Å²) < 4.78 is 9.59. The molecule has 1 aromatic rings. The minimum absolute atomic E-state index is 0.0418. The Kier molecular flexibility index (Phi) is 5.25. The van der Waals surface area contributed by atoms with E-state index in [1.807, 2.05) is 0 Å². The van der Waals surface area contributed by atoms with Crippen molar-refractivity contribution in [2.24, 2.45) is 0 Å². The number of hydrogen-bond donors (Lipinski definition) is 0. The smallest absolute Gasteiger partial charge is 0.344 e. The SMILES string of the molecule is CCOC(=O)COc1c(Cl)cc(C=O)cc1[N+](=O)[O-]. The van der Waals surface area contributed by atoms with Crippen LogP contribution in [0.4, 0.5) is 5.69 Å². The van der Waals surface area contributed by atoms with Crippen molar-refractivity contribution in [3.05, 3.63) is 32.8 Å². The number of nitrogens with zero attached hydrogens (tertiary/aromatic N) is 1. The van der Waals surface area contributed by atoms with Gasteiger partial charge < -0.3 is 9.47 Å². The molecule has 19 heavy (non-hydrogen) atoms. The fourth-order valence-electron chi connectivity index (χ4n) is 1.28. The highest BCUT2D eigenvalue weighted by Gasteiger charge is 2.21. The first-order chi connectivity index (χ1) is 8.99. The normalized spacial score (nSPS) is 9.79. The van der Waals surface area contributed by atoms with Gasteiger partial charge in [-0.15, -0.1) is 0 Å². The molecule has 0 heterocycles. The highest BCUT2D eigenvalue weighted by molar-refractivity contribution is 6.32. The zero-order chi connectivity index (χ0) is 14.4. The summed E-state index contributed by atoms with van der Waals surface area (Å²) in [5.41, 5.74) is -0.445. The Bertz CT molecular complexity index is 516. The van der Waals surface area contributed by atoms with Crippen LogP contribution >= 0.6 is 11.6 Å². The molecule has 8 heteroatoms. The molecule has 0 bridgehead atoms. The number of rotatable bonds is 6. The number of aldehydes is 1. The third-order valence-corrected chi connectivity index (χ3v) is 2.30. The van der Waals surface area contributed by atoms with Gasteiger partial charge in [0.2, 0.25) is 5.75 Å². The zero-order valence-electron chi connectivity index (χ0n) is 9.92. The van der Waals surface area contributed by atoms with E-state index in [1.54, 1.807) is 6.92 Å². The second kappa shape index (κ2) is 6.69. The first-order valence-corrected chi connectivity index (χ1v) is 5.59.